The third-order valence-electron chi connectivity index (χ3n) is 2.48. The molecule has 0 fully saturated rings. The monoisotopic (exact) mass is 255 g/mol. The molecule has 0 aromatic heterocycles. The molecule has 1 nitrogen and oxygen atoms in total. The van der Waals surface area contributed by atoms with E-state index >= 15 is 0 Å². The number of benzene rings is 1. The van der Waals surface area contributed by atoms with E-state index in [9.17, 15) is 0 Å². The van der Waals surface area contributed by atoms with Gasteiger partial charge >= 0.3 is 0 Å². The minimum absolute atomic E-state index is 0.380. The molecule has 0 spiro atoms. The average Bonchev–Trinajstić information content (AvgIpc) is 2.21. The highest BCUT2D eigenvalue weighted by Gasteiger charge is 1.99. The van der Waals surface area contributed by atoms with E-state index in [4.69, 9.17) is 5.73 Å². The summed E-state index contributed by atoms with van der Waals surface area (Å²) in [6, 6.07) is 8.90. The van der Waals surface area contributed by atoms with Gasteiger partial charge in [0.15, 0.2) is 0 Å². The first-order valence-corrected chi connectivity index (χ1v) is 6.01. The van der Waals surface area contributed by atoms with Crippen LogP contribution < -0.4 is 5.73 Å². The summed E-state index contributed by atoms with van der Waals surface area (Å²) in [5.41, 5.74) is 7.25. The van der Waals surface area contributed by atoms with Crippen LogP contribution in [-0.2, 0) is 6.42 Å². The molecule has 1 aromatic carbocycles. The van der Waals surface area contributed by atoms with Crippen LogP contribution in [0.4, 0.5) is 0 Å². The molecule has 0 radical (unpaired) electrons. The summed E-state index contributed by atoms with van der Waals surface area (Å²) in [5.74, 6) is 0. The summed E-state index contributed by atoms with van der Waals surface area (Å²) in [6.45, 7) is 2.14. The molecule has 0 saturated carbocycles. The zero-order valence-corrected chi connectivity index (χ0v) is 10.3. The lowest BCUT2D eigenvalue weighted by atomic mass is 10.0. The lowest BCUT2D eigenvalue weighted by Crippen LogP contribution is -2.18. The molecule has 1 unspecified atom stereocenters. The fourth-order valence-corrected chi connectivity index (χ4v) is 1.69. The van der Waals surface area contributed by atoms with E-state index in [1.807, 2.05) is 0 Å². The number of aryl methyl sites for hydroxylation is 1. The van der Waals surface area contributed by atoms with Crippen molar-refractivity contribution >= 4 is 15.9 Å². The van der Waals surface area contributed by atoms with Gasteiger partial charge in [-0.25, -0.2) is 0 Å². The molecule has 0 saturated heterocycles. The van der Waals surface area contributed by atoms with Gasteiger partial charge in [0.2, 0.25) is 0 Å². The molecule has 0 aliphatic carbocycles. The molecule has 14 heavy (non-hydrogen) atoms. The Morgan fingerprint density at radius 3 is 2.50 bits per heavy atom. The van der Waals surface area contributed by atoms with Crippen LogP contribution in [0.1, 0.15) is 31.7 Å². The SMILES string of the molecule is CCC(N)CCCc1ccc(Br)cc1. The van der Waals surface area contributed by atoms with Crippen molar-refractivity contribution in [3.8, 4) is 0 Å². The molecule has 0 aliphatic rings. The summed E-state index contributed by atoms with van der Waals surface area (Å²) in [6.07, 6.45) is 4.55. The molecule has 0 heterocycles. The van der Waals surface area contributed by atoms with E-state index in [1.165, 1.54) is 12.0 Å². The van der Waals surface area contributed by atoms with E-state index < -0.39 is 0 Å². The maximum Gasteiger partial charge on any atom is 0.0175 e. The van der Waals surface area contributed by atoms with Gasteiger partial charge < -0.3 is 5.73 Å². The van der Waals surface area contributed by atoms with Crippen LogP contribution in [0.3, 0.4) is 0 Å². The Labute approximate surface area is 94.8 Å². The minimum Gasteiger partial charge on any atom is -0.328 e. The topological polar surface area (TPSA) is 26.0 Å². The van der Waals surface area contributed by atoms with Gasteiger partial charge in [-0.2, -0.15) is 0 Å². The fraction of sp³-hybridized carbons (Fsp3) is 0.500. The zero-order valence-electron chi connectivity index (χ0n) is 8.67. The van der Waals surface area contributed by atoms with Crippen LogP contribution in [0.5, 0.6) is 0 Å². The average molecular weight is 256 g/mol. The number of halogens is 1. The Morgan fingerprint density at radius 2 is 1.93 bits per heavy atom. The van der Waals surface area contributed by atoms with Gasteiger partial charge in [-0.3, -0.25) is 0 Å². The van der Waals surface area contributed by atoms with E-state index in [2.05, 4.69) is 47.1 Å². The van der Waals surface area contributed by atoms with Gasteiger partial charge in [-0.1, -0.05) is 35.0 Å². The second-order valence-corrected chi connectivity index (χ2v) is 4.60. The molecular formula is C12H18BrN. The molecule has 2 N–H and O–H groups in total. The normalized spacial score (nSPS) is 12.8. The third kappa shape index (κ3) is 4.25. The highest BCUT2D eigenvalue weighted by molar-refractivity contribution is 9.10. The number of nitrogens with two attached hydrogens (primary N) is 1. The van der Waals surface area contributed by atoms with Gasteiger partial charge in [-0.05, 0) is 43.4 Å². The Kier molecular flexibility index (Phi) is 5.20. The van der Waals surface area contributed by atoms with Crippen molar-refractivity contribution in [2.75, 3.05) is 0 Å². The molecule has 1 atom stereocenters. The van der Waals surface area contributed by atoms with Crippen molar-refractivity contribution < 1.29 is 0 Å². The molecule has 1 aromatic rings. The number of hydrogen-bond acceptors (Lipinski definition) is 1. The van der Waals surface area contributed by atoms with Gasteiger partial charge in [-0.15, -0.1) is 0 Å². The summed E-state index contributed by atoms with van der Waals surface area (Å²) in [4.78, 5) is 0. The maximum absolute atomic E-state index is 5.85. The maximum atomic E-state index is 5.85. The van der Waals surface area contributed by atoms with Crippen molar-refractivity contribution in [1.29, 1.82) is 0 Å². The first kappa shape index (κ1) is 11.7. The molecule has 1 rings (SSSR count). The second kappa shape index (κ2) is 6.20. The predicted molar refractivity (Wildman–Crippen MR) is 65.3 cm³/mol. The van der Waals surface area contributed by atoms with Crippen molar-refractivity contribution in [3.05, 3.63) is 34.3 Å². The number of hydrogen-bond donors (Lipinski definition) is 1. The quantitative estimate of drug-likeness (QED) is 0.857. The Bertz CT molecular complexity index is 256. The fourth-order valence-electron chi connectivity index (χ4n) is 1.42. The smallest absolute Gasteiger partial charge is 0.0175 e. The zero-order chi connectivity index (χ0) is 10.4. The summed E-state index contributed by atoms with van der Waals surface area (Å²) in [7, 11) is 0. The van der Waals surface area contributed by atoms with Gasteiger partial charge in [0.25, 0.3) is 0 Å². The van der Waals surface area contributed by atoms with E-state index in [1.54, 1.807) is 0 Å². The van der Waals surface area contributed by atoms with Crippen molar-refractivity contribution in [2.24, 2.45) is 5.73 Å². The van der Waals surface area contributed by atoms with E-state index in [0.717, 1.165) is 23.7 Å². The Hall–Kier alpha value is -0.340. The molecule has 78 valence electrons. The van der Waals surface area contributed by atoms with Gasteiger partial charge in [0.05, 0.1) is 0 Å². The van der Waals surface area contributed by atoms with Crippen molar-refractivity contribution in [1.82, 2.24) is 0 Å². The Morgan fingerprint density at radius 1 is 1.29 bits per heavy atom. The molecule has 0 aliphatic heterocycles. The predicted octanol–water partition coefficient (Wildman–Crippen LogP) is 3.51. The standard InChI is InChI=1S/C12H18BrN/c1-2-12(14)5-3-4-10-6-8-11(13)9-7-10/h6-9,12H,2-5,14H2,1H3. The highest BCUT2D eigenvalue weighted by atomic mass is 79.9. The molecular weight excluding hydrogens is 238 g/mol. The first-order chi connectivity index (χ1) is 6.72. The van der Waals surface area contributed by atoms with Gasteiger partial charge in [0, 0.05) is 10.5 Å². The summed E-state index contributed by atoms with van der Waals surface area (Å²) in [5, 5.41) is 0. The molecule has 0 bridgehead atoms. The first-order valence-electron chi connectivity index (χ1n) is 5.22. The van der Waals surface area contributed by atoms with Gasteiger partial charge in [0.1, 0.15) is 0 Å². The summed E-state index contributed by atoms with van der Waals surface area (Å²) < 4.78 is 1.14. The lowest BCUT2D eigenvalue weighted by molar-refractivity contribution is 0.568. The van der Waals surface area contributed by atoms with Crippen molar-refractivity contribution in [3.63, 3.8) is 0 Å². The van der Waals surface area contributed by atoms with Crippen LogP contribution in [0.15, 0.2) is 28.7 Å². The highest BCUT2D eigenvalue weighted by Crippen LogP contribution is 2.12. The Balaban J connectivity index is 2.28. The number of rotatable bonds is 5. The van der Waals surface area contributed by atoms with Crippen LogP contribution >= 0.6 is 15.9 Å². The second-order valence-electron chi connectivity index (χ2n) is 3.69. The van der Waals surface area contributed by atoms with Crippen LogP contribution in [-0.4, -0.2) is 6.04 Å². The van der Waals surface area contributed by atoms with E-state index in [-0.39, 0.29) is 0 Å². The third-order valence-corrected chi connectivity index (χ3v) is 3.01. The van der Waals surface area contributed by atoms with Crippen LogP contribution in [0.2, 0.25) is 0 Å². The summed E-state index contributed by atoms with van der Waals surface area (Å²) >= 11 is 3.43. The molecule has 2 heteroatoms. The van der Waals surface area contributed by atoms with Crippen LogP contribution in [0.25, 0.3) is 0 Å². The van der Waals surface area contributed by atoms with Crippen molar-refractivity contribution in [2.45, 2.75) is 38.6 Å². The van der Waals surface area contributed by atoms with E-state index in [0.29, 0.717) is 6.04 Å². The van der Waals surface area contributed by atoms with Crippen LogP contribution in [0, 0.1) is 0 Å². The largest absolute Gasteiger partial charge is 0.328 e. The molecule has 0 amide bonds. The lowest BCUT2D eigenvalue weighted by Gasteiger charge is -2.07. The minimum atomic E-state index is 0.380.